The minimum Gasteiger partial charge on any atom is -0.211 e. The second-order valence-corrected chi connectivity index (χ2v) is 4.57. The molecule has 0 amide bonds. The molecule has 0 atom stereocenters. The fraction of sp³-hybridized carbons (Fsp3) is 0. The topological polar surface area (TPSA) is 58.9 Å². The van der Waals surface area contributed by atoms with Crippen LogP contribution >= 0.6 is 27.5 Å². The van der Waals surface area contributed by atoms with Crippen molar-refractivity contribution in [2.45, 2.75) is 0 Å². The molecular formula is C14H8BrClN2O2. The molecule has 0 N–H and O–H groups in total. The predicted octanol–water partition coefficient (Wildman–Crippen LogP) is 4.72. The normalized spacial score (nSPS) is 8.50. The summed E-state index contributed by atoms with van der Waals surface area (Å²) < 4.78 is 0.804. The van der Waals surface area contributed by atoms with Crippen molar-refractivity contribution in [3.05, 3.63) is 58.0 Å². The molecule has 0 aliphatic heterocycles. The summed E-state index contributed by atoms with van der Waals surface area (Å²) in [4.78, 5) is 26.4. The fourth-order valence-electron chi connectivity index (χ4n) is 1.18. The van der Waals surface area contributed by atoms with Gasteiger partial charge in [-0.1, -0.05) is 35.9 Å². The summed E-state index contributed by atoms with van der Waals surface area (Å²) in [6, 6.07) is 14.0. The van der Waals surface area contributed by atoms with Crippen LogP contribution in [0.15, 0.2) is 63.0 Å². The average molecular weight is 352 g/mol. The summed E-state index contributed by atoms with van der Waals surface area (Å²) in [5.74, 6) is 0. The van der Waals surface area contributed by atoms with Crippen LogP contribution in [-0.4, -0.2) is 12.2 Å². The first-order chi connectivity index (χ1) is 9.69. The molecule has 0 bridgehead atoms. The molecule has 4 nitrogen and oxygen atoms in total. The van der Waals surface area contributed by atoms with Gasteiger partial charge in [-0.2, -0.15) is 9.98 Å². The lowest BCUT2D eigenvalue weighted by Gasteiger charge is -1.91. The highest BCUT2D eigenvalue weighted by atomic mass is 79.9. The van der Waals surface area contributed by atoms with E-state index in [2.05, 4.69) is 25.9 Å². The van der Waals surface area contributed by atoms with Crippen molar-refractivity contribution in [1.82, 2.24) is 0 Å². The van der Waals surface area contributed by atoms with Gasteiger partial charge in [-0.15, -0.1) is 0 Å². The minimum atomic E-state index is 0.458. The Labute approximate surface area is 129 Å². The van der Waals surface area contributed by atoms with Crippen molar-refractivity contribution in [2.24, 2.45) is 9.98 Å². The van der Waals surface area contributed by atoms with Crippen molar-refractivity contribution < 1.29 is 9.59 Å². The zero-order valence-electron chi connectivity index (χ0n) is 10.1. The molecule has 0 saturated heterocycles. The van der Waals surface area contributed by atoms with E-state index >= 15 is 0 Å². The van der Waals surface area contributed by atoms with Gasteiger partial charge in [0, 0.05) is 4.47 Å². The van der Waals surface area contributed by atoms with Gasteiger partial charge < -0.3 is 0 Å². The third kappa shape index (κ3) is 5.31. The number of benzene rings is 2. The van der Waals surface area contributed by atoms with Gasteiger partial charge in [0.25, 0.3) is 0 Å². The van der Waals surface area contributed by atoms with E-state index in [9.17, 15) is 9.59 Å². The number of aliphatic imine (C=N–C) groups is 2. The van der Waals surface area contributed by atoms with Gasteiger partial charge in [0.05, 0.1) is 16.4 Å². The van der Waals surface area contributed by atoms with Crippen LogP contribution in [0, 0.1) is 0 Å². The van der Waals surface area contributed by atoms with E-state index in [1.807, 2.05) is 12.1 Å². The van der Waals surface area contributed by atoms with E-state index in [0.29, 0.717) is 16.4 Å². The van der Waals surface area contributed by atoms with Crippen molar-refractivity contribution >= 4 is 51.1 Å². The number of para-hydroxylation sites is 2. The number of hydrogen-bond donors (Lipinski definition) is 0. The van der Waals surface area contributed by atoms with Gasteiger partial charge in [-0.25, -0.2) is 9.59 Å². The Kier molecular flexibility index (Phi) is 7.18. The molecule has 20 heavy (non-hydrogen) atoms. The molecule has 0 aromatic heterocycles. The number of carbonyl (C=O) groups excluding carboxylic acids is 2. The fourth-order valence-corrected chi connectivity index (χ4v) is 1.73. The monoisotopic (exact) mass is 350 g/mol. The number of hydrogen-bond acceptors (Lipinski definition) is 4. The molecule has 0 aliphatic carbocycles. The minimum absolute atomic E-state index is 0.458. The van der Waals surface area contributed by atoms with E-state index in [4.69, 9.17) is 11.6 Å². The molecule has 0 aliphatic rings. The summed E-state index contributed by atoms with van der Waals surface area (Å²) in [7, 11) is 0. The Hall–Kier alpha value is -2.03. The smallest absolute Gasteiger partial charge is 0.211 e. The lowest BCUT2D eigenvalue weighted by Crippen LogP contribution is -1.65. The SMILES string of the molecule is O=C=Nc1ccccc1Br.O=C=Nc1ccccc1Cl. The molecule has 0 fully saturated rings. The molecule has 0 unspecified atom stereocenters. The molecule has 2 aromatic carbocycles. The third-order valence-electron chi connectivity index (χ3n) is 2.04. The first-order valence-electron chi connectivity index (χ1n) is 5.34. The first-order valence-corrected chi connectivity index (χ1v) is 6.51. The van der Waals surface area contributed by atoms with Gasteiger partial charge in [-0.05, 0) is 40.2 Å². The molecule has 2 rings (SSSR count). The lowest BCUT2D eigenvalue weighted by molar-refractivity contribution is 0.564. The standard InChI is InChI=1S/C7H4BrNO.C7H4ClNO/c2*8-6-3-1-2-4-7(6)9-5-10/h2*1-4H. The Morgan fingerprint density at radius 3 is 1.90 bits per heavy atom. The second-order valence-electron chi connectivity index (χ2n) is 3.31. The predicted molar refractivity (Wildman–Crippen MR) is 81.2 cm³/mol. The number of nitrogens with zero attached hydrogens (tertiary/aromatic N) is 2. The molecule has 0 spiro atoms. The maximum absolute atomic E-state index is 9.81. The molecule has 0 heterocycles. The molecule has 6 heteroatoms. The summed E-state index contributed by atoms with van der Waals surface area (Å²) in [5.41, 5.74) is 1.07. The third-order valence-corrected chi connectivity index (χ3v) is 3.03. The zero-order chi connectivity index (χ0) is 14.8. The summed E-state index contributed by atoms with van der Waals surface area (Å²) in [6.07, 6.45) is 2.89. The van der Waals surface area contributed by atoms with Gasteiger partial charge >= 0.3 is 0 Å². The van der Waals surface area contributed by atoms with Crippen LogP contribution in [0.25, 0.3) is 0 Å². The Morgan fingerprint density at radius 2 is 1.35 bits per heavy atom. The van der Waals surface area contributed by atoms with E-state index in [0.717, 1.165) is 4.47 Å². The Bertz CT molecular complexity index is 619. The molecule has 2 aromatic rings. The second kappa shape index (κ2) is 8.97. The van der Waals surface area contributed by atoms with E-state index < -0.39 is 0 Å². The quantitative estimate of drug-likeness (QED) is 0.580. The molecule has 0 radical (unpaired) electrons. The van der Waals surface area contributed by atoms with Crippen LogP contribution in [0.2, 0.25) is 5.02 Å². The van der Waals surface area contributed by atoms with Crippen LogP contribution in [0.4, 0.5) is 11.4 Å². The lowest BCUT2D eigenvalue weighted by atomic mass is 10.3. The first kappa shape index (κ1) is 16.0. The van der Waals surface area contributed by atoms with Crippen molar-refractivity contribution in [1.29, 1.82) is 0 Å². The maximum Gasteiger partial charge on any atom is 0.240 e. The van der Waals surface area contributed by atoms with Gasteiger partial charge in [0.15, 0.2) is 0 Å². The van der Waals surface area contributed by atoms with E-state index in [-0.39, 0.29) is 0 Å². The van der Waals surface area contributed by atoms with Crippen molar-refractivity contribution in [3.8, 4) is 0 Å². The molecular weight excluding hydrogens is 344 g/mol. The van der Waals surface area contributed by atoms with E-state index in [1.165, 1.54) is 12.2 Å². The highest BCUT2D eigenvalue weighted by Crippen LogP contribution is 2.23. The van der Waals surface area contributed by atoms with Gasteiger partial charge in [0.2, 0.25) is 12.2 Å². The van der Waals surface area contributed by atoms with Crippen LogP contribution in [0.3, 0.4) is 0 Å². The van der Waals surface area contributed by atoms with Crippen LogP contribution < -0.4 is 0 Å². The van der Waals surface area contributed by atoms with Crippen LogP contribution in [0.5, 0.6) is 0 Å². The number of halogens is 2. The summed E-state index contributed by atoms with van der Waals surface area (Å²) >= 11 is 8.85. The Balaban J connectivity index is 0.000000200. The average Bonchev–Trinajstić information content (AvgIpc) is 2.45. The Morgan fingerprint density at radius 1 is 0.850 bits per heavy atom. The van der Waals surface area contributed by atoms with Gasteiger partial charge in [0.1, 0.15) is 0 Å². The van der Waals surface area contributed by atoms with Gasteiger partial charge in [-0.3, -0.25) is 0 Å². The van der Waals surface area contributed by atoms with Crippen LogP contribution in [0.1, 0.15) is 0 Å². The largest absolute Gasteiger partial charge is 0.240 e. The van der Waals surface area contributed by atoms with Crippen molar-refractivity contribution in [2.75, 3.05) is 0 Å². The number of rotatable bonds is 2. The van der Waals surface area contributed by atoms with Crippen molar-refractivity contribution in [3.63, 3.8) is 0 Å². The zero-order valence-corrected chi connectivity index (χ0v) is 12.4. The summed E-state index contributed by atoms with van der Waals surface area (Å²) in [5, 5.41) is 0.464. The molecule has 100 valence electrons. The van der Waals surface area contributed by atoms with E-state index in [1.54, 1.807) is 36.4 Å². The highest BCUT2D eigenvalue weighted by molar-refractivity contribution is 9.10. The van der Waals surface area contributed by atoms with Crippen LogP contribution in [-0.2, 0) is 9.59 Å². The number of isocyanates is 2. The maximum atomic E-state index is 9.81. The summed E-state index contributed by atoms with van der Waals surface area (Å²) in [6.45, 7) is 0. The highest BCUT2D eigenvalue weighted by Gasteiger charge is 1.93. The molecule has 0 saturated carbocycles.